The van der Waals surface area contributed by atoms with Crippen LogP contribution in [-0.2, 0) is 0 Å². The molecule has 0 atom stereocenters. The number of rotatable bonds is 5. The second-order valence-electron chi connectivity index (χ2n) is 5.38. The van der Waals surface area contributed by atoms with E-state index in [1.165, 1.54) is 26.0 Å². The highest BCUT2D eigenvalue weighted by Gasteiger charge is 2.22. The van der Waals surface area contributed by atoms with Gasteiger partial charge in [-0.3, -0.25) is 9.59 Å². The Balaban J connectivity index is 2.52. The van der Waals surface area contributed by atoms with E-state index in [0.717, 1.165) is 12.1 Å². The van der Waals surface area contributed by atoms with E-state index in [1.807, 2.05) is 0 Å². The van der Waals surface area contributed by atoms with Crippen molar-refractivity contribution in [3.63, 3.8) is 0 Å². The van der Waals surface area contributed by atoms with Gasteiger partial charge in [0.25, 0.3) is 0 Å². The summed E-state index contributed by atoms with van der Waals surface area (Å²) in [6.45, 7) is 2.99. The topological polar surface area (TPSA) is 118 Å². The predicted molar refractivity (Wildman–Crippen MR) is 86.7 cm³/mol. The third kappa shape index (κ3) is 3.55. The molecular weight excluding hydrogens is 328 g/mol. The molecule has 25 heavy (non-hydrogen) atoms. The highest BCUT2D eigenvalue weighted by Crippen LogP contribution is 2.29. The Morgan fingerprint density at radius 2 is 1.44 bits per heavy atom. The summed E-state index contributed by atoms with van der Waals surface area (Å²) in [7, 11) is 0. The van der Waals surface area contributed by atoms with Crippen LogP contribution in [0.3, 0.4) is 0 Å². The summed E-state index contributed by atoms with van der Waals surface area (Å²) >= 11 is 0. The van der Waals surface area contributed by atoms with Gasteiger partial charge in [0.05, 0.1) is 0 Å². The molecule has 2 aromatic carbocycles. The van der Waals surface area contributed by atoms with E-state index in [9.17, 15) is 29.4 Å². The Morgan fingerprint density at radius 3 is 1.96 bits per heavy atom. The predicted octanol–water partition coefficient (Wildman–Crippen LogP) is 2.55. The number of phenolic OH excluding ortho intramolecular Hbond substituents is 1. The highest BCUT2D eigenvalue weighted by molar-refractivity contribution is 5.99. The second-order valence-corrected chi connectivity index (χ2v) is 5.38. The maximum atomic E-state index is 12.4. The summed E-state index contributed by atoms with van der Waals surface area (Å²) in [5.41, 5.74) is 0.210. The van der Waals surface area contributed by atoms with Crippen LogP contribution in [0.4, 0.5) is 0 Å². The number of aryl methyl sites for hydroxylation is 2. The molecule has 0 amide bonds. The first-order valence-electron chi connectivity index (χ1n) is 7.12. The van der Waals surface area contributed by atoms with Crippen LogP contribution in [0.2, 0.25) is 0 Å². The number of hydrogen-bond acceptors (Lipinski definition) is 6. The largest absolute Gasteiger partial charge is 0.507 e. The van der Waals surface area contributed by atoms with Gasteiger partial charge < -0.3 is 14.9 Å². The van der Waals surface area contributed by atoms with Crippen molar-refractivity contribution in [3.05, 3.63) is 57.6 Å². The second kappa shape index (κ2) is 6.96. The number of phenols is 1. The van der Waals surface area contributed by atoms with Gasteiger partial charge in [-0.25, -0.2) is 9.59 Å². The molecule has 0 aliphatic rings. The van der Waals surface area contributed by atoms with Gasteiger partial charge >= 0.3 is 11.9 Å². The zero-order valence-corrected chi connectivity index (χ0v) is 13.4. The molecule has 2 rings (SSSR count). The summed E-state index contributed by atoms with van der Waals surface area (Å²) in [4.78, 5) is 45.6. The Morgan fingerprint density at radius 1 is 0.920 bits per heavy atom. The monoisotopic (exact) mass is 342 g/mol. The zero-order valence-electron chi connectivity index (χ0n) is 13.4. The SMILES string of the molecule is Cc1cc(C=O)cc(C(=O)Oc2c(C)cc(C=O)cc2C(=O)O)c1O. The summed E-state index contributed by atoms with van der Waals surface area (Å²) in [5.74, 6) is -3.00. The first-order chi connectivity index (χ1) is 11.8. The van der Waals surface area contributed by atoms with Crippen LogP contribution in [0.5, 0.6) is 11.5 Å². The van der Waals surface area contributed by atoms with Crippen LogP contribution in [0.1, 0.15) is 52.6 Å². The third-order valence-electron chi connectivity index (χ3n) is 3.54. The average molecular weight is 342 g/mol. The van der Waals surface area contributed by atoms with Crippen molar-refractivity contribution in [2.75, 3.05) is 0 Å². The Kier molecular flexibility index (Phi) is 4.97. The highest BCUT2D eigenvalue weighted by atomic mass is 16.5. The molecule has 0 bridgehead atoms. The van der Waals surface area contributed by atoms with Crippen molar-refractivity contribution in [2.24, 2.45) is 0 Å². The molecular formula is C18H14O7. The molecule has 0 fully saturated rings. The van der Waals surface area contributed by atoms with Crippen molar-refractivity contribution in [1.82, 2.24) is 0 Å². The van der Waals surface area contributed by atoms with Gasteiger partial charge in [0, 0.05) is 11.1 Å². The van der Waals surface area contributed by atoms with E-state index in [-0.39, 0.29) is 39.3 Å². The molecule has 2 N–H and O–H groups in total. The lowest BCUT2D eigenvalue weighted by Crippen LogP contribution is -2.14. The number of aromatic hydroxyl groups is 1. The van der Waals surface area contributed by atoms with E-state index < -0.39 is 11.9 Å². The van der Waals surface area contributed by atoms with E-state index in [1.54, 1.807) is 0 Å². The number of aldehydes is 2. The van der Waals surface area contributed by atoms with Crippen LogP contribution in [0.15, 0.2) is 24.3 Å². The van der Waals surface area contributed by atoms with Gasteiger partial charge in [-0.15, -0.1) is 0 Å². The summed E-state index contributed by atoms with van der Waals surface area (Å²) in [5, 5.41) is 19.3. The summed E-state index contributed by atoms with van der Waals surface area (Å²) < 4.78 is 5.15. The van der Waals surface area contributed by atoms with Gasteiger partial charge in [0.1, 0.15) is 35.2 Å². The van der Waals surface area contributed by atoms with Crippen LogP contribution in [0, 0.1) is 13.8 Å². The van der Waals surface area contributed by atoms with Crippen LogP contribution >= 0.6 is 0 Å². The van der Waals surface area contributed by atoms with Crippen LogP contribution < -0.4 is 4.74 Å². The van der Waals surface area contributed by atoms with E-state index in [4.69, 9.17) is 4.74 Å². The van der Waals surface area contributed by atoms with Crippen molar-refractivity contribution in [1.29, 1.82) is 0 Å². The standard InChI is InChI=1S/C18H14O7/c1-9-3-11(7-19)5-13(15(9)21)18(24)25-16-10(2)4-12(8-20)6-14(16)17(22)23/h3-8,21H,1-2H3,(H,22,23). The first-order valence-corrected chi connectivity index (χ1v) is 7.12. The molecule has 0 spiro atoms. The number of carboxylic acids is 1. The van der Waals surface area contributed by atoms with Gasteiger partial charge in [0.15, 0.2) is 0 Å². The molecule has 128 valence electrons. The van der Waals surface area contributed by atoms with Crippen LogP contribution in [-0.4, -0.2) is 34.7 Å². The number of carbonyl (C=O) groups is 4. The molecule has 0 aliphatic carbocycles. The molecule has 0 heterocycles. The Bertz CT molecular complexity index is 897. The van der Waals surface area contributed by atoms with Crippen molar-refractivity contribution >= 4 is 24.5 Å². The molecule has 0 aromatic heterocycles. The fraction of sp³-hybridized carbons (Fsp3) is 0.111. The number of carboxylic acid groups (broad SMARTS) is 1. The number of benzene rings is 2. The maximum absolute atomic E-state index is 12.4. The van der Waals surface area contributed by atoms with E-state index in [2.05, 4.69) is 0 Å². The normalized spacial score (nSPS) is 10.2. The maximum Gasteiger partial charge on any atom is 0.347 e. The summed E-state index contributed by atoms with van der Waals surface area (Å²) in [6.07, 6.45) is 0.990. The van der Waals surface area contributed by atoms with Crippen LogP contribution in [0.25, 0.3) is 0 Å². The van der Waals surface area contributed by atoms with Crippen molar-refractivity contribution in [2.45, 2.75) is 13.8 Å². The molecule has 0 unspecified atom stereocenters. The molecule has 0 radical (unpaired) electrons. The quantitative estimate of drug-likeness (QED) is 0.487. The smallest absolute Gasteiger partial charge is 0.347 e. The minimum atomic E-state index is -1.38. The lowest BCUT2D eigenvalue weighted by molar-refractivity contribution is 0.0680. The number of ether oxygens (including phenoxy) is 1. The fourth-order valence-corrected chi connectivity index (χ4v) is 2.34. The molecule has 7 heteroatoms. The van der Waals surface area contributed by atoms with Crippen molar-refractivity contribution in [3.8, 4) is 11.5 Å². The summed E-state index contributed by atoms with van der Waals surface area (Å²) in [6, 6.07) is 4.99. The molecule has 0 aliphatic heterocycles. The lowest BCUT2D eigenvalue weighted by Gasteiger charge is -2.13. The molecule has 7 nitrogen and oxygen atoms in total. The molecule has 2 aromatic rings. The fourth-order valence-electron chi connectivity index (χ4n) is 2.34. The number of aromatic carboxylic acids is 1. The van der Waals surface area contributed by atoms with Gasteiger partial charge in [-0.05, 0) is 49.2 Å². The van der Waals surface area contributed by atoms with E-state index >= 15 is 0 Å². The third-order valence-corrected chi connectivity index (χ3v) is 3.54. The van der Waals surface area contributed by atoms with Crippen molar-refractivity contribution < 1.29 is 34.1 Å². The number of carbonyl (C=O) groups excluding carboxylic acids is 3. The Labute approximate surface area is 142 Å². The first kappa shape index (κ1) is 17.9. The van der Waals surface area contributed by atoms with E-state index in [0.29, 0.717) is 18.1 Å². The molecule has 0 saturated carbocycles. The lowest BCUT2D eigenvalue weighted by atomic mass is 10.0. The minimum Gasteiger partial charge on any atom is -0.507 e. The van der Waals surface area contributed by atoms with Gasteiger partial charge in [-0.2, -0.15) is 0 Å². The number of hydrogen-bond donors (Lipinski definition) is 2. The minimum absolute atomic E-state index is 0.122. The van der Waals surface area contributed by atoms with Gasteiger partial charge in [0.2, 0.25) is 0 Å². The Hall–Kier alpha value is -3.48. The number of esters is 1. The zero-order chi connectivity index (χ0) is 18.7. The van der Waals surface area contributed by atoms with Gasteiger partial charge in [-0.1, -0.05) is 0 Å². The average Bonchev–Trinajstić information content (AvgIpc) is 2.58. The molecule has 0 saturated heterocycles.